The van der Waals surface area contributed by atoms with Gasteiger partial charge in [0.25, 0.3) is 0 Å². The number of allylic oxidation sites excluding steroid dienone is 1. The summed E-state index contributed by atoms with van der Waals surface area (Å²) >= 11 is 0. The lowest BCUT2D eigenvalue weighted by atomic mass is 9.99. The monoisotopic (exact) mass is 210 g/mol. The third-order valence-electron chi connectivity index (χ3n) is 3.28. The summed E-state index contributed by atoms with van der Waals surface area (Å²) in [6.45, 7) is 8.93. The summed E-state index contributed by atoms with van der Waals surface area (Å²) < 4.78 is 0. The van der Waals surface area contributed by atoms with E-state index in [0.717, 1.165) is 19.4 Å². The predicted octanol–water partition coefficient (Wildman–Crippen LogP) is 1.41. The molecule has 1 heterocycles. The minimum atomic E-state index is 0.0252. The lowest BCUT2D eigenvalue weighted by Crippen LogP contribution is -2.44. The maximum Gasteiger partial charge on any atom is 0.239 e. The summed E-state index contributed by atoms with van der Waals surface area (Å²) in [4.78, 5) is 13.5. The Labute approximate surface area is 92.5 Å². The summed E-state index contributed by atoms with van der Waals surface area (Å²) in [7, 11) is 1.86. The summed E-state index contributed by atoms with van der Waals surface area (Å²) in [5.74, 6) is 0.758. The van der Waals surface area contributed by atoms with Gasteiger partial charge in [0.05, 0.1) is 6.04 Å². The van der Waals surface area contributed by atoms with Crippen molar-refractivity contribution in [2.24, 2.45) is 5.92 Å². The molecule has 1 rings (SSSR count). The van der Waals surface area contributed by atoms with Gasteiger partial charge in [-0.1, -0.05) is 13.0 Å². The number of nitrogens with zero attached hydrogens (tertiary/aromatic N) is 1. The van der Waals surface area contributed by atoms with Gasteiger partial charge >= 0.3 is 0 Å². The van der Waals surface area contributed by atoms with Crippen LogP contribution in [0.25, 0.3) is 0 Å². The first-order valence-electron chi connectivity index (χ1n) is 5.68. The summed E-state index contributed by atoms with van der Waals surface area (Å²) in [6, 6.07) is 0.390. The minimum Gasteiger partial charge on any atom is -0.344 e. The fourth-order valence-electron chi connectivity index (χ4n) is 1.93. The predicted molar refractivity (Wildman–Crippen MR) is 62.6 cm³/mol. The van der Waals surface area contributed by atoms with Crippen LogP contribution < -0.4 is 5.32 Å². The molecule has 3 atom stereocenters. The van der Waals surface area contributed by atoms with Crippen LogP contribution in [0.15, 0.2) is 12.7 Å². The lowest BCUT2D eigenvalue weighted by molar-refractivity contribution is -0.128. The standard InChI is InChI=1S/C12H22N2O/c1-5-6-9(2)10(3)13-11-7-8-14(4)12(11)15/h5,9-11,13H,1,6-8H2,2-4H3. The molecule has 0 aromatic carbocycles. The zero-order valence-corrected chi connectivity index (χ0v) is 9.99. The number of carbonyl (C=O) groups is 1. The van der Waals surface area contributed by atoms with Gasteiger partial charge in [-0.15, -0.1) is 6.58 Å². The van der Waals surface area contributed by atoms with Crippen LogP contribution in [0.1, 0.15) is 26.7 Å². The number of likely N-dealkylation sites (N-methyl/N-ethyl adjacent to an activating group) is 1. The van der Waals surface area contributed by atoms with Crippen molar-refractivity contribution in [3.05, 3.63) is 12.7 Å². The second kappa shape index (κ2) is 5.31. The second-order valence-corrected chi connectivity index (χ2v) is 4.56. The first-order chi connectivity index (χ1) is 7.06. The summed E-state index contributed by atoms with van der Waals surface area (Å²) in [5.41, 5.74) is 0. The molecule has 0 radical (unpaired) electrons. The molecule has 1 saturated heterocycles. The van der Waals surface area contributed by atoms with E-state index in [0.29, 0.717) is 12.0 Å². The summed E-state index contributed by atoms with van der Waals surface area (Å²) in [6.07, 6.45) is 3.86. The minimum absolute atomic E-state index is 0.0252. The summed E-state index contributed by atoms with van der Waals surface area (Å²) in [5, 5.41) is 3.40. The molecule has 1 aliphatic rings. The molecule has 1 fully saturated rings. The highest BCUT2D eigenvalue weighted by atomic mass is 16.2. The van der Waals surface area contributed by atoms with Crippen LogP contribution in [-0.4, -0.2) is 36.5 Å². The van der Waals surface area contributed by atoms with Crippen molar-refractivity contribution >= 4 is 5.91 Å². The van der Waals surface area contributed by atoms with Gasteiger partial charge in [0.1, 0.15) is 0 Å². The van der Waals surface area contributed by atoms with Crippen molar-refractivity contribution in [1.82, 2.24) is 10.2 Å². The Morgan fingerprint density at radius 3 is 2.80 bits per heavy atom. The number of rotatable bonds is 5. The zero-order valence-electron chi connectivity index (χ0n) is 9.99. The molecule has 15 heavy (non-hydrogen) atoms. The molecule has 0 aromatic heterocycles. The molecule has 0 spiro atoms. The Morgan fingerprint density at radius 1 is 1.67 bits per heavy atom. The van der Waals surface area contributed by atoms with E-state index in [1.54, 1.807) is 4.90 Å². The molecular weight excluding hydrogens is 188 g/mol. The van der Waals surface area contributed by atoms with E-state index in [2.05, 4.69) is 25.7 Å². The van der Waals surface area contributed by atoms with Gasteiger partial charge in [-0.25, -0.2) is 0 Å². The third kappa shape index (κ3) is 3.06. The largest absolute Gasteiger partial charge is 0.344 e. The SMILES string of the molecule is C=CCC(C)C(C)NC1CCN(C)C1=O. The van der Waals surface area contributed by atoms with Crippen LogP contribution in [0.3, 0.4) is 0 Å². The van der Waals surface area contributed by atoms with Crippen LogP contribution in [-0.2, 0) is 4.79 Å². The van der Waals surface area contributed by atoms with Gasteiger partial charge in [-0.2, -0.15) is 0 Å². The van der Waals surface area contributed by atoms with E-state index in [1.807, 2.05) is 13.1 Å². The first kappa shape index (κ1) is 12.2. The van der Waals surface area contributed by atoms with Gasteiger partial charge in [-0.3, -0.25) is 4.79 Å². The Hall–Kier alpha value is -0.830. The molecule has 3 heteroatoms. The van der Waals surface area contributed by atoms with Gasteiger partial charge < -0.3 is 10.2 Å². The van der Waals surface area contributed by atoms with Crippen LogP contribution >= 0.6 is 0 Å². The average molecular weight is 210 g/mol. The molecule has 1 aliphatic heterocycles. The number of likely N-dealkylation sites (tertiary alicyclic amines) is 1. The third-order valence-corrected chi connectivity index (χ3v) is 3.28. The van der Waals surface area contributed by atoms with Crippen molar-refractivity contribution < 1.29 is 4.79 Å². The number of amides is 1. The average Bonchev–Trinajstić information content (AvgIpc) is 2.50. The van der Waals surface area contributed by atoms with E-state index in [1.165, 1.54) is 0 Å². The maximum absolute atomic E-state index is 11.7. The molecule has 0 bridgehead atoms. The van der Waals surface area contributed by atoms with E-state index >= 15 is 0 Å². The van der Waals surface area contributed by atoms with Crippen LogP contribution in [0.2, 0.25) is 0 Å². The first-order valence-corrected chi connectivity index (χ1v) is 5.68. The molecule has 86 valence electrons. The number of carbonyl (C=O) groups excluding carboxylic acids is 1. The van der Waals surface area contributed by atoms with E-state index < -0.39 is 0 Å². The quantitative estimate of drug-likeness (QED) is 0.696. The molecule has 0 saturated carbocycles. The van der Waals surface area contributed by atoms with Gasteiger partial charge in [0.15, 0.2) is 0 Å². The molecule has 1 amide bonds. The molecular formula is C12H22N2O. The fraction of sp³-hybridized carbons (Fsp3) is 0.750. The van der Waals surface area contributed by atoms with Crippen molar-refractivity contribution in [2.45, 2.75) is 38.8 Å². The molecule has 0 aliphatic carbocycles. The lowest BCUT2D eigenvalue weighted by Gasteiger charge is -2.23. The molecule has 3 nitrogen and oxygen atoms in total. The Kier molecular flexibility index (Phi) is 4.33. The number of hydrogen-bond donors (Lipinski definition) is 1. The van der Waals surface area contributed by atoms with Crippen molar-refractivity contribution in [2.75, 3.05) is 13.6 Å². The van der Waals surface area contributed by atoms with Gasteiger partial charge in [-0.05, 0) is 25.7 Å². The maximum atomic E-state index is 11.7. The Bertz CT molecular complexity index is 240. The highest BCUT2D eigenvalue weighted by Crippen LogP contribution is 2.13. The Balaban J connectivity index is 2.41. The number of nitrogens with one attached hydrogen (secondary N) is 1. The van der Waals surface area contributed by atoms with E-state index in [9.17, 15) is 4.79 Å². The van der Waals surface area contributed by atoms with Gasteiger partial charge in [0, 0.05) is 19.6 Å². The topological polar surface area (TPSA) is 32.3 Å². The van der Waals surface area contributed by atoms with Crippen LogP contribution in [0, 0.1) is 5.92 Å². The van der Waals surface area contributed by atoms with E-state index in [-0.39, 0.29) is 11.9 Å². The zero-order chi connectivity index (χ0) is 11.4. The highest BCUT2D eigenvalue weighted by Gasteiger charge is 2.30. The van der Waals surface area contributed by atoms with Crippen LogP contribution in [0.4, 0.5) is 0 Å². The van der Waals surface area contributed by atoms with Crippen molar-refractivity contribution in [3.63, 3.8) is 0 Å². The molecule has 3 unspecified atom stereocenters. The normalized spacial score (nSPS) is 25.4. The highest BCUT2D eigenvalue weighted by molar-refractivity contribution is 5.83. The Morgan fingerprint density at radius 2 is 2.33 bits per heavy atom. The van der Waals surface area contributed by atoms with Crippen molar-refractivity contribution in [1.29, 1.82) is 0 Å². The van der Waals surface area contributed by atoms with E-state index in [4.69, 9.17) is 0 Å². The number of hydrogen-bond acceptors (Lipinski definition) is 2. The fourth-order valence-corrected chi connectivity index (χ4v) is 1.93. The smallest absolute Gasteiger partial charge is 0.239 e. The van der Waals surface area contributed by atoms with Crippen molar-refractivity contribution in [3.8, 4) is 0 Å². The second-order valence-electron chi connectivity index (χ2n) is 4.56. The molecule has 0 aromatic rings. The molecule has 1 N–H and O–H groups in total. The van der Waals surface area contributed by atoms with Crippen LogP contribution in [0.5, 0.6) is 0 Å². The van der Waals surface area contributed by atoms with Gasteiger partial charge in [0.2, 0.25) is 5.91 Å².